The molecule has 0 saturated carbocycles. The highest BCUT2D eigenvalue weighted by molar-refractivity contribution is 7.99. The topological polar surface area (TPSA) is 77.5 Å². The predicted octanol–water partition coefficient (Wildman–Crippen LogP) is 9.70. The van der Waals surface area contributed by atoms with Crippen molar-refractivity contribution in [3.8, 4) is 0 Å². The van der Waals surface area contributed by atoms with Crippen LogP contribution in [0.3, 0.4) is 0 Å². The molecule has 0 unspecified atom stereocenters. The third-order valence-corrected chi connectivity index (χ3v) is 11.1. The molecule has 0 radical (unpaired) electrons. The quantitative estimate of drug-likeness (QED) is 0.180. The summed E-state index contributed by atoms with van der Waals surface area (Å²) in [6.45, 7) is 5.44. The Morgan fingerprint density at radius 1 is 0.812 bits per heavy atom. The van der Waals surface area contributed by atoms with Crippen LogP contribution >= 0.6 is 11.8 Å². The van der Waals surface area contributed by atoms with Gasteiger partial charge >= 0.3 is 5.97 Å². The normalized spacial score (nSPS) is 15.9. The maximum absolute atomic E-state index is 15.0. The number of benzene rings is 4. The van der Waals surface area contributed by atoms with Crippen molar-refractivity contribution in [2.24, 2.45) is 0 Å². The Morgan fingerprint density at radius 2 is 1.48 bits per heavy atom. The van der Waals surface area contributed by atoms with Crippen LogP contribution in [-0.4, -0.2) is 25.8 Å². The van der Waals surface area contributed by atoms with E-state index in [1.165, 1.54) is 30.0 Å². The monoisotopic (exact) mass is 690 g/mol. The van der Waals surface area contributed by atoms with Gasteiger partial charge in [-0.2, -0.15) is 0 Å². The third kappa shape index (κ3) is 8.80. The van der Waals surface area contributed by atoms with Gasteiger partial charge < -0.3 is 4.74 Å². The molecule has 0 bridgehead atoms. The zero-order valence-corrected chi connectivity index (χ0v) is 29.1. The first-order valence-corrected chi connectivity index (χ1v) is 18.5. The molecule has 9 heteroatoms. The molecule has 252 valence electrons. The molecule has 0 aliphatic heterocycles. The van der Waals surface area contributed by atoms with E-state index in [0.29, 0.717) is 30.4 Å². The van der Waals surface area contributed by atoms with Crippen LogP contribution in [0.5, 0.6) is 0 Å². The fourth-order valence-electron chi connectivity index (χ4n) is 6.25. The van der Waals surface area contributed by atoms with Crippen LogP contribution in [0, 0.1) is 11.6 Å². The molecule has 0 N–H and O–H groups in total. The van der Waals surface area contributed by atoms with Gasteiger partial charge in [-0.25, -0.2) is 17.2 Å². The number of carbonyl (C=O) groups excluding carboxylic acids is 2. The van der Waals surface area contributed by atoms with Gasteiger partial charge in [-0.05, 0) is 130 Å². The second-order valence-corrected chi connectivity index (χ2v) is 16.2. The molecule has 4 aromatic carbocycles. The number of halogens is 2. The average molecular weight is 691 g/mol. The molecule has 2 aliphatic carbocycles. The Bertz CT molecular complexity index is 1890. The Labute approximate surface area is 286 Å². The number of carbonyl (C=O) groups is 2. The number of fused-ring (bicyclic) bond motifs is 2. The van der Waals surface area contributed by atoms with Crippen molar-refractivity contribution < 1.29 is 31.5 Å². The molecule has 6 rings (SSSR count). The average Bonchev–Trinajstić information content (AvgIpc) is 3.04. The maximum Gasteiger partial charge on any atom is 0.306 e. The molecule has 0 aromatic heterocycles. The molecule has 0 saturated heterocycles. The number of hydrogen-bond acceptors (Lipinski definition) is 6. The number of esters is 1. The lowest BCUT2D eigenvalue weighted by molar-refractivity contribution is -0.155. The summed E-state index contributed by atoms with van der Waals surface area (Å²) in [4.78, 5) is 25.8. The molecule has 48 heavy (non-hydrogen) atoms. The van der Waals surface area contributed by atoms with E-state index in [4.69, 9.17) is 4.74 Å². The molecule has 0 spiro atoms. The minimum Gasteiger partial charge on any atom is -0.460 e. The van der Waals surface area contributed by atoms with E-state index in [9.17, 15) is 22.4 Å². The highest BCUT2D eigenvalue weighted by Crippen LogP contribution is 2.39. The number of Topliss-reactive ketones (excluding diaryl/α,β-unsaturated/α-hetero) is 1. The SMILES string of the molecule is CC(C)(C)OC(=O)CC[C@@H]1CCCc2cc(S(=O)(=O)c3ccccc3)cc(F)c21.O=C1CCCc2cc(Sc3ccccc3)cc(F)c21. The summed E-state index contributed by atoms with van der Waals surface area (Å²) in [7, 11) is -3.77. The van der Waals surface area contributed by atoms with E-state index >= 15 is 4.39 Å². The van der Waals surface area contributed by atoms with E-state index in [0.717, 1.165) is 52.7 Å². The van der Waals surface area contributed by atoms with Gasteiger partial charge in [0.15, 0.2) is 5.78 Å². The van der Waals surface area contributed by atoms with Crippen molar-refractivity contribution in [2.45, 2.75) is 103 Å². The first-order chi connectivity index (χ1) is 22.8. The Morgan fingerprint density at radius 3 is 2.17 bits per heavy atom. The molecular formula is C39H40F2O5S2. The summed E-state index contributed by atoms with van der Waals surface area (Å²) >= 11 is 1.52. The van der Waals surface area contributed by atoms with Gasteiger partial charge in [0, 0.05) is 22.6 Å². The van der Waals surface area contributed by atoms with E-state index in [2.05, 4.69) is 0 Å². The second kappa shape index (κ2) is 15.2. The molecule has 2 aliphatic rings. The molecule has 4 aromatic rings. The lowest BCUT2D eigenvalue weighted by Gasteiger charge is -2.27. The number of ether oxygens (including phenoxy) is 1. The first-order valence-electron chi connectivity index (χ1n) is 16.2. The van der Waals surface area contributed by atoms with E-state index < -0.39 is 21.3 Å². The zero-order valence-electron chi connectivity index (χ0n) is 27.4. The smallest absolute Gasteiger partial charge is 0.306 e. The molecule has 1 atom stereocenters. The summed E-state index contributed by atoms with van der Waals surface area (Å²) in [5.74, 6) is -1.35. The Kier molecular flexibility index (Phi) is 11.2. The molecule has 0 amide bonds. The number of hydrogen-bond donors (Lipinski definition) is 0. The number of ketones is 1. The largest absolute Gasteiger partial charge is 0.460 e. The highest BCUT2D eigenvalue weighted by atomic mass is 32.2. The van der Waals surface area contributed by atoms with Crippen molar-refractivity contribution in [1.29, 1.82) is 0 Å². The van der Waals surface area contributed by atoms with Crippen molar-refractivity contribution in [3.05, 3.63) is 119 Å². The Hall–Kier alpha value is -3.82. The zero-order chi connectivity index (χ0) is 34.5. The predicted molar refractivity (Wildman–Crippen MR) is 183 cm³/mol. The summed E-state index contributed by atoms with van der Waals surface area (Å²) < 4.78 is 60.2. The second-order valence-electron chi connectivity index (χ2n) is 13.1. The van der Waals surface area contributed by atoms with Crippen LogP contribution in [0.15, 0.2) is 105 Å². The van der Waals surface area contributed by atoms with E-state index in [1.54, 1.807) is 24.3 Å². The minimum atomic E-state index is -3.77. The fourth-order valence-corrected chi connectivity index (χ4v) is 8.52. The summed E-state index contributed by atoms with van der Waals surface area (Å²) in [6.07, 6.45) is 5.03. The first kappa shape index (κ1) is 35.5. The van der Waals surface area contributed by atoms with Gasteiger partial charge in [0.2, 0.25) is 9.84 Å². The van der Waals surface area contributed by atoms with Crippen LogP contribution in [0.25, 0.3) is 0 Å². The molecule has 0 heterocycles. The summed E-state index contributed by atoms with van der Waals surface area (Å²) in [6, 6.07) is 24.1. The van der Waals surface area contributed by atoms with E-state index in [1.807, 2.05) is 57.2 Å². The number of aryl methyl sites for hydroxylation is 2. The number of sulfone groups is 1. The number of rotatable bonds is 7. The standard InChI is InChI=1S/C23H27FO4S.C16H13FOS/c1-23(2,3)28-21(25)13-12-16-8-7-9-17-14-19(15-20(24)22(16)17)29(26,27)18-10-5-4-6-11-18;17-14-10-13(19-12-6-2-1-3-7-12)9-11-5-4-8-15(18)16(11)14/h4-6,10-11,14-16H,7-9,12-13H2,1-3H3;1-3,6-7,9-10H,4-5,8H2/t16-;/m0./s1. The van der Waals surface area contributed by atoms with Crippen molar-refractivity contribution >= 4 is 33.4 Å². The van der Waals surface area contributed by atoms with Crippen molar-refractivity contribution in [1.82, 2.24) is 0 Å². The van der Waals surface area contributed by atoms with Crippen LogP contribution in [-0.2, 0) is 32.2 Å². The van der Waals surface area contributed by atoms with Crippen molar-refractivity contribution in [3.63, 3.8) is 0 Å². The Balaban J connectivity index is 0.000000204. The lowest BCUT2D eigenvalue weighted by atomic mass is 9.80. The third-order valence-electron chi connectivity index (χ3n) is 8.33. The van der Waals surface area contributed by atoms with Crippen LogP contribution < -0.4 is 0 Å². The van der Waals surface area contributed by atoms with Crippen LogP contribution in [0.1, 0.15) is 92.3 Å². The maximum atomic E-state index is 15.0. The van der Waals surface area contributed by atoms with Gasteiger partial charge in [-0.1, -0.05) is 48.2 Å². The summed E-state index contributed by atoms with van der Waals surface area (Å²) in [5, 5.41) is 0. The summed E-state index contributed by atoms with van der Waals surface area (Å²) in [5.41, 5.74) is 1.89. The van der Waals surface area contributed by atoms with E-state index in [-0.39, 0.29) is 39.7 Å². The van der Waals surface area contributed by atoms with Gasteiger partial charge in [0.05, 0.1) is 15.4 Å². The highest BCUT2D eigenvalue weighted by Gasteiger charge is 2.29. The van der Waals surface area contributed by atoms with Crippen LogP contribution in [0.2, 0.25) is 0 Å². The lowest BCUT2D eigenvalue weighted by Crippen LogP contribution is -2.24. The van der Waals surface area contributed by atoms with Gasteiger partial charge in [-0.3, -0.25) is 9.59 Å². The van der Waals surface area contributed by atoms with Crippen LogP contribution in [0.4, 0.5) is 8.78 Å². The molecular weight excluding hydrogens is 651 g/mol. The minimum absolute atomic E-state index is 0.0206. The molecule has 0 fully saturated rings. The van der Waals surface area contributed by atoms with Crippen molar-refractivity contribution in [2.75, 3.05) is 0 Å². The van der Waals surface area contributed by atoms with Gasteiger partial charge in [0.1, 0.15) is 17.2 Å². The molecule has 5 nitrogen and oxygen atoms in total. The van der Waals surface area contributed by atoms with Gasteiger partial charge in [-0.15, -0.1) is 0 Å². The van der Waals surface area contributed by atoms with Gasteiger partial charge in [0.25, 0.3) is 0 Å². The fraction of sp³-hybridized carbons (Fsp3) is 0.333.